The fourth-order valence-electron chi connectivity index (χ4n) is 2.82. The summed E-state index contributed by atoms with van der Waals surface area (Å²) in [5, 5.41) is 7.01. The normalized spacial score (nSPS) is 11.7. The van der Waals surface area contributed by atoms with Gasteiger partial charge >= 0.3 is 0 Å². The van der Waals surface area contributed by atoms with Gasteiger partial charge in [0.2, 0.25) is 5.88 Å². The van der Waals surface area contributed by atoms with E-state index in [9.17, 15) is 14.0 Å². The van der Waals surface area contributed by atoms with Crippen LogP contribution in [0.15, 0.2) is 65.5 Å². The highest BCUT2D eigenvalue weighted by molar-refractivity contribution is 5.81. The van der Waals surface area contributed by atoms with E-state index in [-0.39, 0.29) is 17.3 Å². The Bertz CT molecular complexity index is 1050. The molecule has 0 saturated heterocycles. The van der Waals surface area contributed by atoms with Crippen LogP contribution < -0.4 is 15.6 Å². The maximum atomic E-state index is 13.1. The van der Waals surface area contributed by atoms with Crippen LogP contribution in [0.3, 0.4) is 0 Å². The first-order valence-corrected chi connectivity index (χ1v) is 9.32. The molecule has 0 aliphatic rings. The quantitative estimate of drug-likeness (QED) is 0.667. The number of carbonyl (C=O) groups is 1. The second kappa shape index (κ2) is 9.14. The van der Waals surface area contributed by atoms with Crippen LogP contribution in [0.1, 0.15) is 24.5 Å². The first kappa shape index (κ1) is 20.3. The van der Waals surface area contributed by atoms with E-state index in [0.717, 1.165) is 15.8 Å². The molecule has 0 aliphatic carbocycles. The van der Waals surface area contributed by atoms with E-state index < -0.39 is 11.9 Å². The molecule has 1 atom stereocenters. The van der Waals surface area contributed by atoms with Gasteiger partial charge in [0, 0.05) is 18.7 Å². The summed E-state index contributed by atoms with van der Waals surface area (Å²) < 4.78 is 20.0. The average Bonchev–Trinajstić information content (AvgIpc) is 2.72. The highest BCUT2D eigenvalue weighted by Gasteiger charge is 2.19. The third-order valence-corrected chi connectivity index (χ3v) is 4.32. The van der Waals surface area contributed by atoms with Crippen LogP contribution in [-0.2, 0) is 11.3 Å². The van der Waals surface area contributed by atoms with Crippen molar-refractivity contribution in [3.05, 3.63) is 88.0 Å². The van der Waals surface area contributed by atoms with Crippen molar-refractivity contribution in [1.29, 1.82) is 0 Å². The fourth-order valence-corrected chi connectivity index (χ4v) is 2.82. The van der Waals surface area contributed by atoms with Gasteiger partial charge in [0.05, 0.1) is 5.69 Å². The molecule has 3 rings (SSSR count). The number of hydrogen-bond acceptors (Lipinski definition) is 4. The Morgan fingerprint density at radius 1 is 1.17 bits per heavy atom. The number of aryl methyl sites for hydroxylation is 1. The number of benzene rings is 2. The SMILES string of the molecule is CC[C@@H](Oc1ccc(=O)n(-c2ccc(F)cc2)n1)C(=O)NCc1cccc(C)c1. The molecule has 0 unspecified atom stereocenters. The van der Waals surface area contributed by atoms with Gasteiger partial charge < -0.3 is 10.1 Å². The van der Waals surface area contributed by atoms with E-state index in [1.165, 1.54) is 36.4 Å². The number of ether oxygens (including phenoxy) is 1. The Labute approximate surface area is 168 Å². The van der Waals surface area contributed by atoms with Crippen LogP contribution in [-0.4, -0.2) is 21.8 Å². The van der Waals surface area contributed by atoms with Gasteiger partial charge in [0.25, 0.3) is 11.5 Å². The van der Waals surface area contributed by atoms with Gasteiger partial charge in [-0.3, -0.25) is 9.59 Å². The van der Waals surface area contributed by atoms with E-state index in [4.69, 9.17) is 4.74 Å². The lowest BCUT2D eigenvalue weighted by Gasteiger charge is -2.17. The van der Waals surface area contributed by atoms with Crippen molar-refractivity contribution in [3.8, 4) is 11.6 Å². The maximum absolute atomic E-state index is 13.1. The van der Waals surface area contributed by atoms with Crippen LogP contribution in [0.2, 0.25) is 0 Å². The molecule has 0 spiro atoms. The molecular weight excluding hydrogens is 373 g/mol. The van der Waals surface area contributed by atoms with Gasteiger partial charge in [-0.05, 0) is 43.2 Å². The predicted octanol–water partition coefficient (Wildman–Crippen LogP) is 3.15. The Hall–Kier alpha value is -3.48. The highest BCUT2D eigenvalue weighted by Crippen LogP contribution is 2.12. The molecule has 1 heterocycles. The molecule has 0 bridgehead atoms. The predicted molar refractivity (Wildman–Crippen MR) is 108 cm³/mol. The summed E-state index contributed by atoms with van der Waals surface area (Å²) in [5.74, 6) is -0.549. The maximum Gasteiger partial charge on any atom is 0.271 e. The lowest BCUT2D eigenvalue weighted by atomic mass is 10.1. The summed E-state index contributed by atoms with van der Waals surface area (Å²) in [4.78, 5) is 24.6. The molecule has 29 heavy (non-hydrogen) atoms. The van der Waals surface area contributed by atoms with E-state index in [0.29, 0.717) is 18.7 Å². The van der Waals surface area contributed by atoms with Crippen LogP contribution in [0.25, 0.3) is 5.69 Å². The Kier molecular flexibility index (Phi) is 6.39. The molecular formula is C22H22FN3O3. The van der Waals surface area contributed by atoms with Gasteiger partial charge in [-0.1, -0.05) is 36.8 Å². The van der Waals surface area contributed by atoms with Crippen molar-refractivity contribution in [1.82, 2.24) is 15.1 Å². The minimum Gasteiger partial charge on any atom is -0.463 e. The molecule has 0 fully saturated rings. The van der Waals surface area contributed by atoms with Gasteiger partial charge in [0.1, 0.15) is 5.82 Å². The fraction of sp³-hybridized carbons (Fsp3) is 0.227. The minimum absolute atomic E-state index is 0.131. The minimum atomic E-state index is -0.758. The largest absolute Gasteiger partial charge is 0.463 e. The molecule has 0 radical (unpaired) electrons. The number of nitrogens with one attached hydrogen (secondary N) is 1. The molecule has 1 aromatic heterocycles. The number of halogens is 1. The molecule has 1 amide bonds. The number of aromatic nitrogens is 2. The van der Waals surface area contributed by atoms with Crippen molar-refractivity contribution in [3.63, 3.8) is 0 Å². The Balaban J connectivity index is 1.71. The van der Waals surface area contributed by atoms with Crippen LogP contribution >= 0.6 is 0 Å². The van der Waals surface area contributed by atoms with Crippen molar-refractivity contribution >= 4 is 5.91 Å². The van der Waals surface area contributed by atoms with Gasteiger partial charge in [-0.2, -0.15) is 4.68 Å². The monoisotopic (exact) mass is 395 g/mol. The highest BCUT2D eigenvalue weighted by atomic mass is 19.1. The number of rotatable bonds is 7. The third kappa shape index (κ3) is 5.28. The van der Waals surface area contributed by atoms with Gasteiger partial charge in [-0.15, -0.1) is 5.10 Å². The van der Waals surface area contributed by atoms with Crippen molar-refractivity contribution in [2.45, 2.75) is 32.9 Å². The Morgan fingerprint density at radius 2 is 1.93 bits per heavy atom. The molecule has 0 saturated carbocycles. The summed E-state index contributed by atoms with van der Waals surface area (Å²) in [5.41, 5.74) is 2.13. The summed E-state index contributed by atoms with van der Waals surface area (Å²) in [7, 11) is 0. The number of hydrogen-bond donors (Lipinski definition) is 1. The van der Waals surface area contributed by atoms with Crippen molar-refractivity contribution < 1.29 is 13.9 Å². The first-order valence-electron chi connectivity index (χ1n) is 9.32. The van der Waals surface area contributed by atoms with Gasteiger partial charge in [0.15, 0.2) is 6.10 Å². The van der Waals surface area contributed by atoms with E-state index in [1.807, 2.05) is 38.1 Å². The molecule has 2 aromatic carbocycles. The summed E-state index contributed by atoms with van der Waals surface area (Å²) >= 11 is 0. The van der Waals surface area contributed by atoms with Crippen molar-refractivity contribution in [2.24, 2.45) is 0 Å². The molecule has 1 N–H and O–H groups in total. The molecule has 7 heteroatoms. The summed E-state index contributed by atoms with van der Waals surface area (Å²) in [6.45, 7) is 4.21. The molecule has 150 valence electrons. The Morgan fingerprint density at radius 3 is 2.62 bits per heavy atom. The van der Waals surface area contributed by atoms with E-state index in [2.05, 4.69) is 10.4 Å². The molecule has 6 nitrogen and oxygen atoms in total. The number of nitrogens with zero attached hydrogens (tertiary/aromatic N) is 2. The summed E-state index contributed by atoms with van der Waals surface area (Å²) in [6, 6.07) is 15.9. The van der Waals surface area contributed by atoms with E-state index in [1.54, 1.807) is 0 Å². The average molecular weight is 395 g/mol. The van der Waals surface area contributed by atoms with Crippen LogP contribution in [0, 0.1) is 12.7 Å². The zero-order chi connectivity index (χ0) is 20.8. The lowest BCUT2D eigenvalue weighted by molar-refractivity contribution is -0.128. The van der Waals surface area contributed by atoms with Gasteiger partial charge in [-0.25, -0.2) is 4.39 Å². The van der Waals surface area contributed by atoms with Crippen LogP contribution in [0.5, 0.6) is 5.88 Å². The van der Waals surface area contributed by atoms with Crippen LogP contribution in [0.4, 0.5) is 4.39 Å². The topological polar surface area (TPSA) is 73.2 Å². The number of carbonyl (C=O) groups excluding carboxylic acids is 1. The van der Waals surface area contributed by atoms with E-state index >= 15 is 0 Å². The zero-order valence-electron chi connectivity index (χ0n) is 16.3. The molecule has 0 aliphatic heterocycles. The second-order valence-corrected chi connectivity index (χ2v) is 6.62. The standard InChI is InChI=1S/C22H22FN3O3/c1-3-19(22(28)24-14-16-6-4-5-15(2)13-16)29-20-11-12-21(27)26(25-20)18-9-7-17(23)8-10-18/h4-13,19H,3,14H2,1-2H3,(H,24,28)/t19-/m1/s1. The third-order valence-electron chi connectivity index (χ3n) is 4.32. The zero-order valence-corrected chi connectivity index (χ0v) is 16.3. The molecule has 3 aromatic rings. The lowest BCUT2D eigenvalue weighted by Crippen LogP contribution is -2.38. The second-order valence-electron chi connectivity index (χ2n) is 6.62. The first-order chi connectivity index (χ1) is 14.0. The number of amides is 1. The van der Waals surface area contributed by atoms with Crippen molar-refractivity contribution in [2.75, 3.05) is 0 Å². The summed E-state index contributed by atoms with van der Waals surface area (Å²) in [6.07, 6.45) is -0.330. The smallest absolute Gasteiger partial charge is 0.271 e.